The maximum atomic E-state index is 12.9. The quantitative estimate of drug-likeness (QED) is 0.373. The van der Waals surface area contributed by atoms with Crippen molar-refractivity contribution in [2.75, 3.05) is 0 Å². The molecule has 6 heteroatoms. The van der Waals surface area contributed by atoms with Gasteiger partial charge in [0.2, 0.25) is 5.78 Å². The Hall–Kier alpha value is -2.66. The summed E-state index contributed by atoms with van der Waals surface area (Å²) in [7, 11) is 0. The monoisotopic (exact) mass is 414 g/mol. The molecule has 0 bridgehead atoms. The first-order chi connectivity index (χ1) is 13.6. The molecule has 2 atom stereocenters. The summed E-state index contributed by atoms with van der Waals surface area (Å²) in [4.78, 5) is 37.2. The number of hydrogen-bond donors (Lipinski definition) is 0. The van der Waals surface area contributed by atoms with Gasteiger partial charge in [-0.15, -0.1) is 0 Å². The number of Topliss-reactive ketones (excluding diaryl/α,β-unsaturated/α-hetero) is 2. The predicted octanol–water partition coefficient (Wildman–Crippen LogP) is 4.61. The lowest BCUT2D eigenvalue weighted by Crippen LogP contribution is -2.42. The molecule has 0 aromatic heterocycles. The predicted molar refractivity (Wildman–Crippen MR) is 110 cm³/mol. The normalized spacial score (nSPS) is 25.4. The van der Waals surface area contributed by atoms with E-state index in [1.54, 1.807) is 12.2 Å². The number of carbonyl (C=O) groups is 3. The molecule has 1 aliphatic carbocycles. The molecule has 0 aromatic rings. The lowest BCUT2D eigenvalue weighted by molar-refractivity contribution is -0.153. The summed E-state index contributed by atoms with van der Waals surface area (Å²) >= 11 is 6.34. The first-order valence-corrected chi connectivity index (χ1v) is 9.87. The molecule has 0 aromatic carbocycles. The van der Waals surface area contributed by atoms with E-state index in [1.165, 1.54) is 20.1 Å². The van der Waals surface area contributed by atoms with Crippen molar-refractivity contribution in [3.8, 4) is 0 Å². The van der Waals surface area contributed by atoms with Crippen LogP contribution in [-0.2, 0) is 23.9 Å². The fraction of sp³-hybridized carbons (Fsp3) is 0.348. The van der Waals surface area contributed by atoms with E-state index in [2.05, 4.69) is 19.9 Å². The van der Waals surface area contributed by atoms with Gasteiger partial charge in [-0.25, -0.2) is 4.79 Å². The molecule has 0 spiro atoms. The Kier molecular flexibility index (Phi) is 5.54. The van der Waals surface area contributed by atoms with E-state index in [0.29, 0.717) is 22.8 Å². The van der Waals surface area contributed by atoms with Crippen LogP contribution in [0.25, 0.3) is 0 Å². The van der Waals surface area contributed by atoms with Crippen molar-refractivity contribution in [3.05, 3.63) is 69.2 Å². The highest BCUT2D eigenvalue weighted by molar-refractivity contribution is 6.46. The number of carbonyl (C=O) groups excluding carboxylic acids is 3. The molecule has 0 fully saturated rings. The zero-order valence-corrected chi connectivity index (χ0v) is 17.8. The van der Waals surface area contributed by atoms with Gasteiger partial charge in [-0.05, 0) is 38.8 Å². The molecule has 0 radical (unpaired) electrons. The first-order valence-electron chi connectivity index (χ1n) is 9.49. The Labute approximate surface area is 175 Å². The van der Waals surface area contributed by atoms with E-state index in [9.17, 15) is 14.4 Å². The lowest BCUT2D eigenvalue weighted by atomic mass is 9.75. The number of allylic oxidation sites excluding steroid dienone is 6. The van der Waals surface area contributed by atoms with E-state index in [0.717, 1.165) is 12.0 Å². The lowest BCUT2D eigenvalue weighted by Gasteiger charge is -2.32. The van der Waals surface area contributed by atoms with Crippen molar-refractivity contribution in [2.24, 2.45) is 5.92 Å². The minimum absolute atomic E-state index is 0.0545. The Balaban J connectivity index is 2.04. The number of esters is 1. The molecule has 29 heavy (non-hydrogen) atoms. The van der Waals surface area contributed by atoms with Gasteiger partial charge in [0.1, 0.15) is 11.3 Å². The molecule has 0 saturated carbocycles. The third-order valence-corrected chi connectivity index (χ3v) is 5.69. The van der Waals surface area contributed by atoms with Crippen LogP contribution in [0.4, 0.5) is 0 Å². The van der Waals surface area contributed by atoms with Crippen molar-refractivity contribution < 1.29 is 23.9 Å². The molecule has 0 amide bonds. The van der Waals surface area contributed by atoms with Gasteiger partial charge < -0.3 is 9.47 Å². The highest BCUT2D eigenvalue weighted by atomic mass is 35.5. The molecule has 0 saturated heterocycles. The number of halogens is 1. The van der Waals surface area contributed by atoms with Gasteiger partial charge in [0.25, 0.3) is 0 Å². The summed E-state index contributed by atoms with van der Waals surface area (Å²) in [5, 5.41) is -0.0545. The number of ether oxygens (including phenoxy) is 2. The second kappa shape index (κ2) is 7.64. The van der Waals surface area contributed by atoms with Crippen LogP contribution in [0.2, 0.25) is 0 Å². The molecule has 2 heterocycles. The number of ketones is 2. The van der Waals surface area contributed by atoms with Gasteiger partial charge >= 0.3 is 5.97 Å². The van der Waals surface area contributed by atoms with Crippen LogP contribution < -0.4 is 0 Å². The number of hydrogen-bond acceptors (Lipinski definition) is 5. The Morgan fingerprint density at radius 3 is 2.62 bits per heavy atom. The molecule has 2 aliphatic heterocycles. The molecule has 2 unspecified atom stereocenters. The minimum Gasteiger partial charge on any atom is -0.464 e. The maximum absolute atomic E-state index is 12.9. The second-order valence-electron chi connectivity index (χ2n) is 7.61. The SMILES string of the molecule is CCC(C)/C=C(C)/C=C/C1=CC2=C(Cl)C(=O)C3(C)OC(=O)C(C(C)=O)=C3C2=CO1. The fourth-order valence-electron chi connectivity index (χ4n) is 3.57. The summed E-state index contributed by atoms with van der Waals surface area (Å²) in [6, 6.07) is 0. The van der Waals surface area contributed by atoms with E-state index in [-0.39, 0.29) is 16.2 Å². The minimum atomic E-state index is -1.62. The summed E-state index contributed by atoms with van der Waals surface area (Å²) in [6.07, 6.45) is 9.96. The van der Waals surface area contributed by atoms with Crippen LogP contribution in [0.3, 0.4) is 0 Å². The van der Waals surface area contributed by atoms with Gasteiger partial charge in [0.15, 0.2) is 11.4 Å². The van der Waals surface area contributed by atoms with Crippen LogP contribution in [-0.4, -0.2) is 23.1 Å². The summed E-state index contributed by atoms with van der Waals surface area (Å²) in [6.45, 7) is 8.98. The van der Waals surface area contributed by atoms with E-state index in [1.807, 2.05) is 13.0 Å². The van der Waals surface area contributed by atoms with E-state index < -0.39 is 23.1 Å². The van der Waals surface area contributed by atoms with Gasteiger partial charge in [0, 0.05) is 16.7 Å². The zero-order chi connectivity index (χ0) is 21.5. The van der Waals surface area contributed by atoms with Crippen molar-refractivity contribution in [2.45, 2.75) is 46.6 Å². The molecular formula is C23H23ClO5. The van der Waals surface area contributed by atoms with Gasteiger partial charge in [-0.3, -0.25) is 9.59 Å². The Morgan fingerprint density at radius 2 is 2.00 bits per heavy atom. The second-order valence-corrected chi connectivity index (χ2v) is 7.99. The summed E-state index contributed by atoms with van der Waals surface area (Å²) in [5.74, 6) is -0.892. The van der Waals surface area contributed by atoms with E-state index in [4.69, 9.17) is 21.1 Å². The van der Waals surface area contributed by atoms with E-state index >= 15 is 0 Å². The van der Waals surface area contributed by atoms with Gasteiger partial charge in [-0.1, -0.05) is 49.6 Å². The van der Waals surface area contributed by atoms with Gasteiger partial charge in [-0.2, -0.15) is 0 Å². The first kappa shape index (κ1) is 21.1. The molecule has 5 nitrogen and oxygen atoms in total. The largest absolute Gasteiger partial charge is 0.464 e. The third-order valence-electron chi connectivity index (χ3n) is 5.31. The fourth-order valence-corrected chi connectivity index (χ4v) is 3.91. The molecular weight excluding hydrogens is 392 g/mol. The molecule has 0 N–H and O–H groups in total. The molecule has 3 aliphatic rings. The van der Waals surface area contributed by atoms with Crippen molar-refractivity contribution in [3.63, 3.8) is 0 Å². The topological polar surface area (TPSA) is 69.7 Å². The van der Waals surface area contributed by atoms with Crippen LogP contribution in [0.1, 0.15) is 41.0 Å². The van der Waals surface area contributed by atoms with Crippen LogP contribution in [0.15, 0.2) is 69.2 Å². The van der Waals surface area contributed by atoms with Crippen molar-refractivity contribution >= 4 is 29.1 Å². The standard InChI is InChI=1S/C23H23ClO5/c1-6-12(2)9-13(3)7-8-15-10-16-17(11-28-15)19-18(14(4)25)22(27)29-23(19,5)21(26)20(16)24/h7-12H,6H2,1-5H3/b8-7+,13-9+. The van der Waals surface area contributed by atoms with Crippen molar-refractivity contribution in [1.29, 1.82) is 0 Å². The van der Waals surface area contributed by atoms with Gasteiger partial charge in [0.05, 0.1) is 11.3 Å². The third kappa shape index (κ3) is 3.55. The summed E-state index contributed by atoms with van der Waals surface area (Å²) < 4.78 is 11.0. The number of fused-ring (bicyclic) bond motifs is 3. The highest BCUT2D eigenvalue weighted by Crippen LogP contribution is 2.49. The van der Waals surface area contributed by atoms with Crippen LogP contribution in [0.5, 0.6) is 0 Å². The average molecular weight is 415 g/mol. The van der Waals surface area contributed by atoms with Crippen LogP contribution >= 0.6 is 11.6 Å². The molecule has 3 rings (SSSR count). The van der Waals surface area contributed by atoms with Crippen molar-refractivity contribution in [1.82, 2.24) is 0 Å². The van der Waals surface area contributed by atoms with Crippen LogP contribution in [0, 0.1) is 5.92 Å². The average Bonchev–Trinajstić information content (AvgIpc) is 2.96. The Morgan fingerprint density at radius 1 is 1.31 bits per heavy atom. The summed E-state index contributed by atoms with van der Waals surface area (Å²) in [5.41, 5.74) is 0.365. The Bertz CT molecular complexity index is 1000. The highest BCUT2D eigenvalue weighted by Gasteiger charge is 2.56. The maximum Gasteiger partial charge on any atom is 0.343 e. The number of rotatable bonds is 5. The smallest absolute Gasteiger partial charge is 0.343 e. The molecule has 152 valence electrons. The zero-order valence-electron chi connectivity index (χ0n) is 17.1.